The molecule has 0 aliphatic carbocycles. The summed E-state index contributed by atoms with van der Waals surface area (Å²) in [6.45, 7) is 5.79. The summed E-state index contributed by atoms with van der Waals surface area (Å²) in [6, 6.07) is 11.0. The van der Waals surface area contributed by atoms with Crippen LogP contribution in [0.2, 0.25) is 0 Å². The Morgan fingerprint density at radius 2 is 1.84 bits per heavy atom. The maximum absolute atomic E-state index is 12.3. The van der Waals surface area contributed by atoms with Gasteiger partial charge in [-0.2, -0.15) is 0 Å². The Hall–Kier alpha value is -2.16. The van der Waals surface area contributed by atoms with Gasteiger partial charge in [-0.25, -0.2) is 4.98 Å². The van der Waals surface area contributed by atoms with Crippen molar-refractivity contribution in [2.45, 2.75) is 26.9 Å². The number of carbonyl (C=O) groups is 1. The Kier molecular flexibility index (Phi) is 3.95. The van der Waals surface area contributed by atoms with Crippen LogP contribution < -0.4 is 4.74 Å². The van der Waals surface area contributed by atoms with E-state index in [-0.39, 0.29) is 11.9 Å². The summed E-state index contributed by atoms with van der Waals surface area (Å²) < 4.78 is 5.56. The van der Waals surface area contributed by atoms with Gasteiger partial charge in [-0.05, 0) is 26.8 Å². The van der Waals surface area contributed by atoms with Crippen molar-refractivity contribution in [2.75, 3.05) is 0 Å². The van der Waals surface area contributed by atoms with Crippen molar-refractivity contribution >= 4 is 5.78 Å². The molecule has 0 N–H and O–H groups in total. The van der Waals surface area contributed by atoms with Gasteiger partial charge in [0.05, 0.1) is 6.10 Å². The lowest BCUT2D eigenvalue weighted by Gasteiger charge is -2.11. The van der Waals surface area contributed by atoms with Gasteiger partial charge in [0.15, 0.2) is 5.78 Å². The van der Waals surface area contributed by atoms with Gasteiger partial charge in [0.25, 0.3) is 0 Å². The normalized spacial score (nSPS) is 10.5. The molecule has 0 saturated heterocycles. The minimum Gasteiger partial charge on any atom is -0.475 e. The van der Waals surface area contributed by atoms with E-state index in [2.05, 4.69) is 4.98 Å². The third-order valence-electron chi connectivity index (χ3n) is 2.68. The molecule has 0 spiro atoms. The van der Waals surface area contributed by atoms with Crippen molar-refractivity contribution in [3.63, 3.8) is 0 Å². The highest BCUT2D eigenvalue weighted by Gasteiger charge is 2.12. The zero-order valence-electron chi connectivity index (χ0n) is 11.4. The standard InChI is InChI=1S/C16H17NO2/c1-11(2)19-16-12(3)9-14(10-17-16)15(18)13-7-5-4-6-8-13/h4-11H,1-3H3. The highest BCUT2D eigenvalue weighted by atomic mass is 16.5. The predicted molar refractivity (Wildman–Crippen MR) is 74.6 cm³/mol. The molecule has 19 heavy (non-hydrogen) atoms. The van der Waals surface area contributed by atoms with E-state index in [4.69, 9.17) is 4.74 Å². The molecular weight excluding hydrogens is 238 g/mol. The van der Waals surface area contributed by atoms with Gasteiger partial charge in [-0.1, -0.05) is 30.3 Å². The Labute approximate surface area is 113 Å². The third kappa shape index (κ3) is 3.19. The van der Waals surface area contributed by atoms with Gasteiger partial charge in [0, 0.05) is 22.9 Å². The van der Waals surface area contributed by atoms with Crippen LogP contribution in [-0.4, -0.2) is 16.9 Å². The number of hydrogen-bond acceptors (Lipinski definition) is 3. The van der Waals surface area contributed by atoms with Crippen molar-refractivity contribution in [3.8, 4) is 5.88 Å². The predicted octanol–water partition coefficient (Wildman–Crippen LogP) is 3.41. The molecule has 2 aromatic rings. The van der Waals surface area contributed by atoms with Gasteiger partial charge in [-0.3, -0.25) is 4.79 Å². The van der Waals surface area contributed by atoms with E-state index in [9.17, 15) is 4.79 Å². The number of nitrogens with zero attached hydrogens (tertiary/aromatic N) is 1. The molecular formula is C16H17NO2. The first-order chi connectivity index (χ1) is 9.08. The molecule has 2 rings (SSSR count). The maximum Gasteiger partial charge on any atom is 0.216 e. The Balaban J connectivity index is 2.27. The molecule has 0 amide bonds. The third-order valence-corrected chi connectivity index (χ3v) is 2.68. The summed E-state index contributed by atoms with van der Waals surface area (Å²) in [6.07, 6.45) is 1.64. The number of hydrogen-bond donors (Lipinski definition) is 0. The highest BCUT2D eigenvalue weighted by Crippen LogP contribution is 2.18. The Bertz CT molecular complexity index is 577. The molecule has 0 radical (unpaired) electrons. The van der Waals surface area contributed by atoms with Crippen LogP contribution in [0.1, 0.15) is 35.3 Å². The summed E-state index contributed by atoms with van der Waals surface area (Å²) in [5.74, 6) is 0.562. The summed E-state index contributed by atoms with van der Waals surface area (Å²) in [5, 5.41) is 0. The van der Waals surface area contributed by atoms with E-state index in [0.717, 1.165) is 5.56 Å². The molecule has 0 aliphatic rings. The number of benzene rings is 1. The van der Waals surface area contributed by atoms with E-state index in [1.807, 2.05) is 45.0 Å². The zero-order valence-corrected chi connectivity index (χ0v) is 11.4. The summed E-state index contributed by atoms with van der Waals surface area (Å²) >= 11 is 0. The first-order valence-corrected chi connectivity index (χ1v) is 6.31. The van der Waals surface area contributed by atoms with E-state index in [1.54, 1.807) is 18.3 Å². The molecule has 3 heteroatoms. The van der Waals surface area contributed by atoms with Crippen LogP contribution in [-0.2, 0) is 0 Å². The van der Waals surface area contributed by atoms with Crippen LogP contribution in [0.4, 0.5) is 0 Å². The zero-order chi connectivity index (χ0) is 13.8. The van der Waals surface area contributed by atoms with Crippen molar-refractivity contribution in [1.29, 1.82) is 0 Å². The summed E-state index contributed by atoms with van der Waals surface area (Å²) in [5.41, 5.74) is 2.12. The van der Waals surface area contributed by atoms with Crippen LogP contribution in [0.25, 0.3) is 0 Å². The molecule has 0 bridgehead atoms. The second-order valence-electron chi connectivity index (χ2n) is 4.71. The lowest BCUT2D eigenvalue weighted by Crippen LogP contribution is -2.09. The monoisotopic (exact) mass is 255 g/mol. The number of carbonyl (C=O) groups excluding carboxylic acids is 1. The van der Waals surface area contributed by atoms with Gasteiger partial charge in [0.2, 0.25) is 5.88 Å². The molecule has 0 atom stereocenters. The fourth-order valence-electron chi connectivity index (χ4n) is 1.79. The van der Waals surface area contributed by atoms with Crippen LogP contribution in [0, 0.1) is 6.92 Å². The Morgan fingerprint density at radius 3 is 2.42 bits per heavy atom. The fourth-order valence-corrected chi connectivity index (χ4v) is 1.79. The molecule has 0 fully saturated rings. The van der Waals surface area contributed by atoms with Crippen LogP contribution in [0.5, 0.6) is 5.88 Å². The number of aromatic nitrogens is 1. The topological polar surface area (TPSA) is 39.2 Å². The first kappa shape index (κ1) is 13.3. The van der Waals surface area contributed by atoms with Crippen LogP contribution >= 0.6 is 0 Å². The average molecular weight is 255 g/mol. The number of aryl methyl sites for hydroxylation is 1. The second kappa shape index (κ2) is 5.65. The lowest BCUT2D eigenvalue weighted by molar-refractivity contribution is 0.103. The molecule has 1 aromatic carbocycles. The van der Waals surface area contributed by atoms with E-state index >= 15 is 0 Å². The van der Waals surface area contributed by atoms with Crippen molar-refractivity contribution in [1.82, 2.24) is 4.98 Å². The summed E-state index contributed by atoms with van der Waals surface area (Å²) in [4.78, 5) is 16.5. The van der Waals surface area contributed by atoms with Crippen molar-refractivity contribution in [2.24, 2.45) is 0 Å². The van der Waals surface area contributed by atoms with Crippen LogP contribution in [0.3, 0.4) is 0 Å². The van der Waals surface area contributed by atoms with Crippen molar-refractivity contribution < 1.29 is 9.53 Å². The largest absolute Gasteiger partial charge is 0.475 e. The van der Waals surface area contributed by atoms with Gasteiger partial charge < -0.3 is 4.74 Å². The van der Waals surface area contributed by atoms with Crippen molar-refractivity contribution in [3.05, 3.63) is 59.3 Å². The molecule has 3 nitrogen and oxygen atoms in total. The average Bonchev–Trinajstić information content (AvgIpc) is 2.41. The molecule has 0 unspecified atom stereocenters. The van der Waals surface area contributed by atoms with E-state index in [1.165, 1.54) is 0 Å². The number of rotatable bonds is 4. The minimum absolute atomic E-state index is 0.0210. The quantitative estimate of drug-likeness (QED) is 0.786. The smallest absolute Gasteiger partial charge is 0.216 e. The van der Waals surface area contributed by atoms with E-state index in [0.29, 0.717) is 17.0 Å². The fraction of sp³-hybridized carbons (Fsp3) is 0.250. The number of ketones is 1. The number of pyridine rings is 1. The highest BCUT2D eigenvalue weighted by molar-refractivity contribution is 6.08. The SMILES string of the molecule is Cc1cc(C(=O)c2ccccc2)cnc1OC(C)C. The molecule has 0 saturated carbocycles. The Morgan fingerprint density at radius 1 is 1.16 bits per heavy atom. The molecule has 1 heterocycles. The minimum atomic E-state index is -0.0210. The van der Waals surface area contributed by atoms with Gasteiger partial charge in [-0.15, -0.1) is 0 Å². The maximum atomic E-state index is 12.3. The lowest BCUT2D eigenvalue weighted by atomic mass is 10.0. The molecule has 98 valence electrons. The van der Waals surface area contributed by atoms with E-state index < -0.39 is 0 Å². The molecule has 1 aromatic heterocycles. The van der Waals surface area contributed by atoms with Gasteiger partial charge >= 0.3 is 0 Å². The number of ether oxygens (including phenoxy) is 1. The first-order valence-electron chi connectivity index (χ1n) is 6.31. The molecule has 0 aliphatic heterocycles. The van der Waals surface area contributed by atoms with Crippen LogP contribution in [0.15, 0.2) is 42.6 Å². The summed E-state index contributed by atoms with van der Waals surface area (Å²) in [7, 11) is 0. The van der Waals surface area contributed by atoms with Gasteiger partial charge in [0.1, 0.15) is 0 Å². The second-order valence-corrected chi connectivity index (χ2v) is 4.71.